The molecule has 0 unspecified atom stereocenters. The number of piperidine rings is 1. The molecule has 1 aliphatic rings. The predicted octanol–water partition coefficient (Wildman–Crippen LogP) is 3.15. The zero-order valence-electron chi connectivity index (χ0n) is 10.9. The number of aromatic nitrogens is 2. The molecule has 100 valence electrons. The Kier molecular flexibility index (Phi) is 3.38. The number of nitrogens with one attached hydrogen (secondary N) is 1. The Morgan fingerprint density at radius 1 is 1.53 bits per heavy atom. The molecular weight excluding hydrogens is 258 g/mol. The molecule has 0 bridgehead atoms. The summed E-state index contributed by atoms with van der Waals surface area (Å²) in [5.74, 6) is 0.150. The molecular formula is C14H17N3OS. The van der Waals surface area contributed by atoms with Crippen LogP contribution in [0.25, 0.3) is 0 Å². The average molecular weight is 275 g/mol. The Bertz CT molecular complexity index is 561. The normalized spacial score (nSPS) is 19.6. The summed E-state index contributed by atoms with van der Waals surface area (Å²) in [6.07, 6.45) is 5.01. The van der Waals surface area contributed by atoms with Gasteiger partial charge in [-0.25, -0.2) is 0 Å². The fraction of sp³-hybridized carbons (Fsp3) is 0.429. The van der Waals surface area contributed by atoms with Crippen LogP contribution in [0.2, 0.25) is 0 Å². The molecule has 4 nitrogen and oxygen atoms in total. The topological polar surface area (TPSA) is 49.0 Å². The minimum atomic E-state index is 0.145. The summed E-state index contributed by atoms with van der Waals surface area (Å²) in [4.78, 5) is 15.4. The van der Waals surface area contributed by atoms with Crippen LogP contribution in [-0.2, 0) is 0 Å². The second-order valence-corrected chi connectivity index (χ2v) is 5.92. The molecule has 1 saturated heterocycles. The SMILES string of the molecule is Cc1csc(C(=O)N2CCCC[C@H]2c2ccn[nH]2)c1. The molecule has 0 aliphatic carbocycles. The van der Waals surface area contributed by atoms with Gasteiger partial charge in [-0.05, 0) is 49.3 Å². The second kappa shape index (κ2) is 5.17. The lowest BCUT2D eigenvalue weighted by Gasteiger charge is -2.34. The quantitative estimate of drug-likeness (QED) is 0.915. The van der Waals surface area contributed by atoms with Gasteiger partial charge < -0.3 is 4.90 Å². The monoisotopic (exact) mass is 275 g/mol. The Hall–Kier alpha value is -1.62. The zero-order valence-corrected chi connectivity index (χ0v) is 11.7. The minimum Gasteiger partial charge on any atom is -0.329 e. The molecule has 2 aromatic heterocycles. The molecule has 0 saturated carbocycles. The highest BCUT2D eigenvalue weighted by molar-refractivity contribution is 7.12. The third kappa shape index (κ3) is 2.42. The van der Waals surface area contributed by atoms with E-state index in [-0.39, 0.29) is 11.9 Å². The van der Waals surface area contributed by atoms with Gasteiger partial charge in [0.05, 0.1) is 16.6 Å². The predicted molar refractivity (Wildman–Crippen MR) is 75.3 cm³/mol. The van der Waals surface area contributed by atoms with E-state index >= 15 is 0 Å². The second-order valence-electron chi connectivity index (χ2n) is 5.01. The first-order valence-corrected chi connectivity index (χ1v) is 7.49. The molecule has 2 aromatic rings. The van der Waals surface area contributed by atoms with Crippen LogP contribution in [0.1, 0.15) is 46.2 Å². The molecule has 0 spiro atoms. The van der Waals surface area contributed by atoms with Crippen LogP contribution >= 0.6 is 11.3 Å². The van der Waals surface area contributed by atoms with Crippen molar-refractivity contribution in [2.75, 3.05) is 6.54 Å². The van der Waals surface area contributed by atoms with Crippen molar-refractivity contribution in [3.63, 3.8) is 0 Å². The van der Waals surface area contributed by atoms with Crippen molar-refractivity contribution in [1.82, 2.24) is 15.1 Å². The molecule has 0 aromatic carbocycles. The molecule has 1 amide bonds. The zero-order chi connectivity index (χ0) is 13.2. The number of hydrogen-bond donors (Lipinski definition) is 1. The van der Waals surface area contributed by atoms with Crippen LogP contribution < -0.4 is 0 Å². The molecule has 3 rings (SSSR count). The van der Waals surface area contributed by atoms with Crippen molar-refractivity contribution in [3.05, 3.63) is 39.8 Å². The number of aryl methyl sites for hydroxylation is 1. The summed E-state index contributed by atoms with van der Waals surface area (Å²) in [5, 5.41) is 9.05. The Balaban J connectivity index is 1.86. The van der Waals surface area contributed by atoms with Crippen molar-refractivity contribution in [2.24, 2.45) is 0 Å². The molecule has 1 atom stereocenters. The van der Waals surface area contributed by atoms with Gasteiger partial charge in [-0.1, -0.05) is 0 Å². The number of amides is 1. The molecule has 5 heteroatoms. The highest BCUT2D eigenvalue weighted by Gasteiger charge is 2.30. The Labute approximate surface area is 116 Å². The Morgan fingerprint density at radius 2 is 2.42 bits per heavy atom. The van der Waals surface area contributed by atoms with Gasteiger partial charge in [0, 0.05) is 12.7 Å². The van der Waals surface area contributed by atoms with E-state index in [2.05, 4.69) is 10.2 Å². The summed E-state index contributed by atoms with van der Waals surface area (Å²) in [6.45, 7) is 2.86. The lowest BCUT2D eigenvalue weighted by molar-refractivity contribution is 0.0611. The first-order chi connectivity index (χ1) is 9.25. The highest BCUT2D eigenvalue weighted by Crippen LogP contribution is 2.31. The standard InChI is InChI=1S/C14H17N3OS/c1-10-8-13(19-9-10)14(18)17-7-3-2-4-12(17)11-5-6-15-16-11/h5-6,8-9,12H,2-4,7H2,1H3,(H,15,16)/t12-/m0/s1. The molecule has 1 aliphatic heterocycles. The van der Waals surface area contributed by atoms with Crippen molar-refractivity contribution < 1.29 is 4.79 Å². The summed E-state index contributed by atoms with van der Waals surface area (Å²) in [6, 6.07) is 4.09. The van der Waals surface area contributed by atoms with Gasteiger partial charge in [-0.2, -0.15) is 5.10 Å². The van der Waals surface area contributed by atoms with Crippen LogP contribution in [0, 0.1) is 6.92 Å². The number of thiophene rings is 1. The first-order valence-electron chi connectivity index (χ1n) is 6.61. The van der Waals surface area contributed by atoms with E-state index < -0.39 is 0 Å². The van der Waals surface area contributed by atoms with Gasteiger partial charge in [0.2, 0.25) is 0 Å². The van der Waals surface area contributed by atoms with E-state index in [9.17, 15) is 4.79 Å². The lowest BCUT2D eigenvalue weighted by Crippen LogP contribution is -2.38. The van der Waals surface area contributed by atoms with Gasteiger partial charge in [0.25, 0.3) is 5.91 Å². The number of rotatable bonds is 2. The Morgan fingerprint density at radius 3 is 3.11 bits per heavy atom. The maximum atomic E-state index is 12.6. The van der Waals surface area contributed by atoms with Crippen LogP contribution in [0.5, 0.6) is 0 Å². The summed E-state index contributed by atoms with van der Waals surface area (Å²) in [7, 11) is 0. The van der Waals surface area contributed by atoms with Crippen molar-refractivity contribution in [2.45, 2.75) is 32.2 Å². The number of aromatic amines is 1. The minimum absolute atomic E-state index is 0.145. The summed E-state index contributed by atoms with van der Waals surface area (Å²) >= 11 is 1.53. The van der Waals surface area contributed by atoms with Crippen LogP contribution in [0.4, 0.5) is 0 Å². The fourth-order valence-electron chi connectivity index (χ4n) is 2.64. The van der Waals surface area contributed by atoms with Gasteiger partial charge in [0.15, 0.2) is 0 Å². The summed E-state index contributed by atoms with van der Waals surface area (Å²) in [5.41, 5.74) is 2.20. The number of hydrogen-bond acceptors (Lipinski definition) is 3. The maximum Gasteiger partial charge on any atom is 0.264 e. The van der Waals surface area contributed by atoms with Crippen molar-refractivity contribution in [1.29, 1.82) is 0 Å². The number of nitrogens with zero attached hydrogens (tertiary/aromatic N) is 2. The van der Waals surface area contributed by atoms with Crippen molar-refractivity contribution in [3.8, 4) is 0 Å². The average Bonchev–Trinajstić information content (AvgIpc) is 3.09. The van der Waals surface area contributed by atoms with Gasteiger partial charge in [-0.15, -0.1) is 11.3 Å². The van der Waals surface area contributed by atoms with E-state index in [0.717, 1.165) is 41.9 Å². The van der Waals surface area contributed by atoms with E-state index in [1.165, 1.54) is 11.3 Å². The van der Waals surface area contributed by atoms with Crippen LogP contribution in [0.15, 0.2) is 23.7 Å². The van der Waals surface area contributed by atoms with E-state index in [0.29, 0.717) is 0 Å². The third-order valence-electron chi connectivity index (χ3n) is 3.59. The van der Waals surface area contributed by atoms with Crippen LogP contribution in [-0.4, -0.2) is 27.5 Å². The van der Waals surface area contributed by atoms with Gasteiger partial charge in [0.1, 0.15) is 0 Å². The number of carbonyl (C=O) groups is 1. The summed E-state index contributed by atoms with van der Waals surface area (Å²) < 4.78 is 0. The lowest BCUT2D eigenvalue weighted by atomic mass is 9.99. The van der Waals surface area contributed by atoms with E-state index in [4.69, 9.17) is 0 Å². The molecule has 0 radical (unpaired) electrons. The number of H-pyrrole nitrogens is 1. The first kappa shape index (κ1) is 12.4. The maximum absolute atomic E-state index is 12.6. The number of carbonyl (C=O) groups excluding carboxylic acids is 1. The molecule has 19 heavy (non-hydrogen) atoms. The largest absolute Gasteiger partial charge is 0.329 e. The highest BCUT2D eigenvalue weighted by atomic mass is 32.1. The molecule has 1 N–H and O–H groups in total. The number of likely N-dealkylation sites (tertiary alicyclic amines) is 1. The third-order valence-corrected chi connectivity index (χ3v) is 4.62. The smallest absolute Gasteiger partial charge is 0.264 e. The molecule has 1 fully saturated rings. The fourth-order valence-corrected chi connectivity index (χ4v) is 3.49. The van der Waals surface area contributed by atoms with Gasteiger partial charge >= 0.3 is 0 Å². The van der Waals surface area contributed by atoms with E-state index in [1.807, 2.05) is 29.3 Å². The van der Waals surface area contributed by atoms with E-state index in [1.54, 1.807) is 6.20 Å². The molecule has 3 heterocycles. The van der Waals surface area contributed by atoms with Crippen LogP contribution in [0.3, 0.4) is 0 Å². The van der Waals surface area contributed by atoms with Gasteiger partial charge in [-0.3, -0.25) is 9.89 Å². The van der Waals surface area contributed by atoms with Crippen molar-refractivity contribution >= 4 is 17.2 Å².